The van der Waals surface area contributed by atoms with Crippen LogP contribution in [0.2, 0.25) is 0 Å². The van der Waals surface area contributed by atoms with Crippen molar-refractivity contribution in [3.63, 3.8) is 0 Å². The zero-order valence-electron chi connectivity index (χ0n) is 18.9. The number of furan rings is 1. The molecule has 3 aromatic rings. The summed E-state index contributed by atoms with van der Waals surface area (Å²) in [6.07, 6.45) is 6.72. The maximum Gasteiger partial charge on any atom is 0.253 e. The summed E-state index contributed by atoms with van der Waals surface area (Å²) in [6.45, 7) is 4.23. The van der Waals surface area contributed by atoms with Crippen molar-refractivity contribution < 1.29 is 14.0 Å². The van der Waals surface area contributed by atoms with Gasteiger partial charge in [0.05, 0.1) is 30.0 Å². The van der Waals surface area contributed by atoms with Gasteiger partial charge in [0, 0.05) is 44.1 Å². The molecular formula is C26H27N5O3. The quantitative estimate of drug-likeness (QED) is 0.558. The minimum Gasteiger partial charge on any atom is -0.467 e. The number of aromatic nitrogens is 1. The van der Waals surface area contributed by atoms with E-state index in [-0.39, 0.29) is 11.8 Å². The van der Waals surface area contributed by atoms with Crippen LogP contribution in [0.15, 0.2) is 65.5 Å². The molecule has 4 rings (SSSR count). The van der Waals surface area contributed by atoms with E-state index in [1.807, 2.05) is 17.0 Å². The standard InChI is InChI=1S/C26H27N5O3/c27-16-20-4-1-6-22(14-20)26(33)31-11-9-30(10-12-31)8-2-5-21-15-23(18-28-17-21)25(32)29-19-24-7-3-13-34-24/h1,3-4,6-7,13-15,17-18H,2,5,8-12,19H2,(H,29,32). The fraction of sp³-hybridized carbons (Fsp3) is 0.308. The van der Waals surface area contributed by atoms with Crippen molar-refractivity contribution in [2.45, 2.75) is 19.4 Å². The van der Waals surface area contributed by atoms with Crippen LogP contribution < -0.4 is 5.32 Å². The van der Waals surface area contributed by atoms with E-state index in [4.69, 9.17) is 9.68 Å². The number of nitrogens with zero attached hydrogens (tertiary/aromatic N) is 4. The lowest BCUT2D eigenvalue weighted by Gasteiger charge is -2.34. The minimum absolute atomic E-state index is 0.0232. The molecule has 1 fully saturated rings. The second-order valence-corrected chi connectivity index (χ2v) is 8.27. The molecule has 34 heavy (non-hydrogen) atoms. The number of piperazine rings is 1. The monoisotopic (exact) mass is 457 g/mol. The van der Waals surface area contributed by atoms with Crippen LogP contribution in [0.4, 0.5) is 0 Å². The Kier molecular flexibility index (Phi) is 7.68. The van der Waals surface area contributed by atoms with Gasteiger partial charge in [0.25, 0.3) is 11.8 Å². The summed E-state index contributed by atoms with van der Waals surface area (Å²) < 4.78 is 5.24. The number of benzene rings is 1. The van der Waals surface area contributed by atoms with Gasteiger partial charge in [-0.3, -0.25) is 19.5 Å². The Morgan fingerprint density at radius 2 is 1.91 bits per heavy atom. The SMILES string of the molecule is N#Cc1cccc(C(=O)N2CCN(CCCc3cncc(C(=O)NCc4ccco4)c3)CC2)c1. The van der Waals surface area contributed by atoms with Gasteiger partial charge in [0.1, 0.15) is 5.76 Å². The molecule has 8 nitrogen and oxygen atoms in total. The van der Waals surface area contributed by atoms with E-state index in [1.54, 1.807) is 49.0 Å². The number of carbonyl (C=O) groups excluding carboxylic acids is 2. The van der Waals surface area contributed by atoms with Gasteiger partial charge in [-0.05, 0) is 61.3 Å². The summed E-state index contributed by atoms with van der Waals surface area (Å²) in [5.74, 6) is 0.506. The van der Waals surface area contributed by atoms with Crippen LogP contribution >= 0.6 is 0 Å². The van der Waals surface area contributed by atoms with Crippen LogP contribution in [0.1, 0.15) is 44.0 Å². The van der Waals surface area contributed by atoms with Crippen molar-refractivity contribution in [3.8, 4) is 6.07 Å². The van der Waals surface area contributed by atoms with Crippen molar-refractivity contribution in [3.05, 3.63) is 89.1 Å². The third-order valence-corrected chi connectivity index (χ3v) is 5.90. The average Bonchev–Trinajstić information content (AvgIpc) is 3.41. The topological polar surface area (TPSA) is 102 Å². The lowest BCUT2D eigenvalue weighted by Crippen LogP contribution is -2.48. The van der Waals surface area contributed by atoms with E-state index >= 15 is 0 Å². The summed E-state index contributed by atoms with van der Waals surface area (Å²) >= 11 is 0. The van der Waals surface area contributed by atoms with Crippen molar-refractivity contribution in [1.82, 2.24) is 20.1 Å². The van der Waals surface area contributed by atoms with Gasteiger partial charge in [-0.25, -0.2) is 0 Å². The van der Waals surface area contributed by atoms with Gasteiger partial charge in [0.2, 0.25) is 0 Å². The predicted molar refractivity (Wildman–Crippen MR) is 126 cm³/mol. The second kappa shape index (κ2) is 11.3. The van der Waals surface area contributed by atoms with Gasteiger partial charge < -0.3 is 14.6 Å². The number of nitrogens with one attached hydrogen (secondary N) is 1. The average molecular weight is 458 g/mol. The van der Waals surface area contributed by atoms with Crippen molar-refractivity contribution in [2.24, 2.45) is 0 Å². The molecule has 0 radical (unpaired) electrons. The summed E-state index contributed by atoms with van der Waals surface area (Å²) in [5, 5.41) is 11.9. The number of carbonyl (C=O) groups is 2. The molecular weight excluding hydrogens is 430 g/mol. The number of aryl methyl sites for hydroxylation is 1. The van der Waals surface area contributed by atoms with Crippen LogP contribution in [-0.4, -0.2) is 59.3 Å². The first-order valence-corrected chi connectivity index (χ1v) is 11.4. The van der Waals surface area contributed by atoms with Gasteiger partial charge in [0.15, 0.2) is 0 Å². The third kappa shape index (κ3) is 6.09. The molecule has 0 saturated carbocycles. The molecule has 3 heterocycles. The molecule has 1 aliphatic heterocycles. The van der Waals surface area contributed by atoms with Crippen molar-refractivity contribution in [2.75, 3.05) is 32.7 Å². The second-order valence-electron chi connectivity index (χ2n) is 8.27. The van der Waals surface area contributed by atoms with Crippen molar-refractivity contribution >= 4 is 11.8 Å². The highest BCUT2D eigenvalue weighted by atomic mass is 16.3. The largest absolute Gasteiger partial charge is 0.467 e. The van der Waals surface area contributed by atoms with Crippen LogP contribution in [0.5, 0.6) is 0 Å². The molecule has 1 saturated heterocycles. The number of nitriles is 1. The first-order chi connectivity index (χ1) is 16.6. The zero-order valence-corrected chi connectivity index (χ0v) is 18.9. The molecule has 174 valence electrons. The molecule has 0 atom stereocenters. The molecule has 0 bridgehead atoms. The third-order valence-electron chi connectivity index (χ3n) is 5.90. The molecule has 8 heteroatoms. The van der Waals surface area contributed by atoms with Gasteiger partial charge >= 0.3 is 0 Å². The lowest BCUT2D eigenvalue weighted by atomic mass is 10.1. The minimum atomic E-state index is -0.174. The molecule has 1 aromatic carbocycles. The molecule has 2 amide bonds. The summed E-state index contributed by atoms with van der Waals surface area (Å²) in [5.41, 5.74) is 2.62. The Morgan fingerprint density at radius 3 is 2.68 bits per heavy atom. The smallest absolute Gasteiger partial charge is 0.253 e. The Morgan fingerprint density at radius 1 is 1.06 bits per heavy atom. The van der Waals surface area contributed by atoms with Crippen molar-refractivity contribution in [1.29, 1.82) is 5.26 Å². The normalized spacial score (nSPS) is 13.9. The number of hydrogen-bond acceptors (Lipinski definition) is 6. The van der Waals surface area contributed by atoms with Crippen LogP contribution in [0, 0.1) is 11.3 Å². The maximum absolute atomic E-state index is 12.7. The van der Waals surface area contributed by atoms with Gasteiger partial charge in [-0.15, -0.1) is 0 Å². The fourth-order valence-corrected chi connectivity index (χ4v) is 4.02. The van der Waals surface area contributed by atoms with E-state index in [0.29, 0.717) is 42.1 Å². The molecule has 0 spiro atoms. The Hall–Kier alpha value is -3.96. The molecule has 0 aliphatic carbocycles. The Balaban J connectivity index is 1.20. The van der Waals surface area contributed by atoms with E-state index in [0.717, 1.165) is 38.0 Å². The van der Waals surface area contributed by atoms with Crippen LogP contribution in [-0.2, 0) is 13.0 Å². The zero-order chi connectivity index (χ0) is 23.8. The highest BCUT2D eigenvalue weighted by Gasteiger charge is 2.22. The van der Waals surface area contributed by atoms with E-state index in [9.17, 15) is 9.59 Å². The van der Waals surface area contributed by atoms with Gasteiger partial charge in [-0.2, -0.15) is 5.26 Å². The number of amides is 2. The number of rotatable bonds is 8. The molecule has 1 N–H and O–H groups in total. The first kappa shape index (κ1) is 23.2. The number of pyridine rings is 1. The predicted octanol–water partition coefficient (Wildman–Crippen LogP) is 2.87. The van der Waals surface area contributed by atoms with E-state index in [1.165, 1.54) is 0 Å². The Bertz CT molecular complexity index is 1160. The molecule has 1 aliphatic rings. The van der Waals surface area contributed by atoms with Crippen LogP contribution in [0.3, 0.4) is 0 Å². The van der Waals surface area contributed by atoms with Crippen LogP contribution in [0.25, 0.3) is 0 Å². The maximum atomic E-state index is 12.7. The van der Waals surface area contributed by atoms with E-state index < -0.39 is 0 Å². The summed E-state index contributed by atoms with van der Waals surface area (Å²) in [6, 6.07) is 14.4. The summed E-state index contributed by atoms with van der Waals surface area (Å²) in [7, 11) is 0. The molecule has 0 unspecified atom stereocenters. The molecule has 2 aromatic heterocycles. The van der Waals surface area contributed by atoms with E-state index in [2.05, 4.69) is 21.3 Å². The Labute approximate surface area is 198 Å². The first-order valence-electron chi connectivity index (χ1n) is 11.4. The summed E-state index contributed by atoms with van der Waals surface area (Å²) in [4.78, 5) is 33.5. The highest BCUT2D eigenvalue weighted by molar-refractivity contribution is 5.94. The van der Waals surface area contributed by atoms with Gasteiger partial charge in [-0.1, -0.05) is 6.07 Å². The highest BCUT2D eigenvalue weighted by Crippen LogP contribution is 2.12. The lowest BCUT2D eigenvalue weighted by molar-refractivity contribution is 0.0636. The fourth-order valence-electron chi connectivity index (χ4n) is 4.02. The number of hydrogen-bond donors (Lipinski definition) is 1.